The number of piperidine rings is 1. The van der Waals surface area contributed by atoms with E-state index in [0.717, 1.165) is 59.3 Å². The van der Waals surface area contributed by atoms with Crippen LogP contribution in [0.4, 0.5) is 5.69 Å². The van der Waals surface area contributed by atoms with Gasteiger partial charge in [-0.1, -0.05) is 18.2 Å². The number of likely N-dealkylation sites (tertiary alicyclic amines) is 1. The number of anilines is 1. The number of carbonyl (C=O) groups excluding carboxylic acids is 1. The highest BCUT2D eigenvalue weighted by molar-refractivity contribution is 5.97. The van der Waals surface area contributed by atoms with Crippen molar-refractivity contribution in [2.45, 2.75) is 18.9 Å². The summed E-state index contributed by atoms with van der Waals surface area (Å²) >= 11 is 0. The molecule has 0 bridgehead atoms. The van der Waals surface area contributed by atoms with E-state index in [0.29, 0.717) is 5.92 Å². The molecule has 3 aromatic heterocycles. The first kappa shape index (κ1) is 25.0. The number of aryl methyl sites for hydroxylation is 1. The van der Waals surface area contributed by atoms with Crippen LogP contribution in [0, 0.1) is 5.92 Å². The van der Waals surface area contributed by atoms with E-state index >= 15 is 0 Å². The number of rotatable bonds is 7. The zero-order chi connectivity index (χ0) is 26.8. The topological polar surface area (TPSA) is 85.2 Å². The van der Waals surface area contributed by atoms with Crippen molar-refractivity contribution in [2.75, 3.05) is 32.1 Å². The predicted molar refractivity (Wildman–Crippen MR) is 153 cm³/mol. The Morgan fingerprint density at radius 2 is 1.92 bits per heavy atom. The van der Waals surface area contributed by atoms with Crippen molar-refractivity contribution in [3.63, 3.8) is 0 Å². The van der Waals surface area contributed by atoms with Crippen LogP contribution < -0.4 is 5.32 Å². The second-order valence-corrected chi connectivity index (χ2v) is 10.2. The van der Waals surface area contributed by atoms with Crippen LogP contribution in [-0.4, -0.2) is 57.1 Å². The number of hydrogen-bond acceptors (Lipinski definition) is 6. The van der Waals surface area contributed by atoms with Gasteiger partial charge in [0, 0.05) is 75.0 Å². The second kappa shape index (κ2) is 10.8. The molecule has 1 unspecified atom stereocenters. The number of nitrogens with zero attached hydrogens (tertiary/aromatic N) is 5. The molecular weight excluding hydrogens is 488 g/mol. The summed E-state index contributed by atoms with van der Waals surface area (Å²) in [6.07, 6.45) is 11.1. The summed E-state index contributed by atoms with van der Waals surface area (Å²) in [5.74, 6) is 0.385. The molecule has 6 rings (SSSR count). The fourth-order valence-corrected chi connectivity index (χ4v) is 5.72. The second-order valence-electron chi connectivity index (χ2n) is 10.2. The van der Waals surface area contributed by atoms with Crippen LogP contribution in [0.25, 0.3) is 33.1 Å². The molecule has 198 valence electrons. The fraction of sp³-hybridized carbons (Fsp3) is 0.290. The highest BCUT2D eigenvalue weighted by Crippen LogP contribution is 2.37. The number of amides is 1. The molecule has 1 aliphatic heterocycles. The Hall–Kier alpha value is -4.30. The third-order valence-electron chi connectivity index (χ3n) is 7.77. The third-order valence-corrected chi connectivity index (χ3v) is 7.77. The normalized spacial score (nSPS) is 15.1. The van der Waals surface area contributed by atoms with Gasteiger partial charge < -0.3 is 19.5 Å². The molecule has 4 heterocycles. The zero-order valence-corrected chi connectivity index (χ0v) is 22.2. The van der Waals surface area contributed by atoms with Gasteiger partial charge in [-0.3, -0.25) is 19.7 Å². The maximum atomic E-state index is 12.4. The van der Waals surface area contributed by atoms with Gasteiger partial charge in [-0.2, -0.15) is 0 Å². The summed E-state index contributed by atoms with van der Waals surface area (Å²) in [5, 5.41) is 5.05. The molecular formula is C31H32N6O2. The van der Waals surface area contributed by atoms with Crippen molar-refractivity contribution in [2.24, 2.45) is 13.0 Å². The summed E-state index contributed by atoms with van der Waals surface area (Å²) in [7, 11) is 3.63. The minimum absolute atomic E-state index is 0.0377. The molecule has 1 amide bonds. The number of hydrogen-bond donors (Lipinski definition) is 1. The van der Waals surface area contributed by atoms with E-state index in [4.69, 9.17) is 9.72 Å². The van der Waals surface area contributed by atoms with Crippen LogP contribution in [0.15, 0.2) is 79.5 Å². The monoisotopic (exact) mass is 520 g/mol. The van der Waals surface area contributed by atoms with E-state index in [2.05, 4.69) is 75.6 Å². The Morgan fingerprint density at radius 3 is 2.72 bits per heavy atom. The molecule has 1 fully saturated rings. The number of benzene rings is 2. The Balaban J connectivity index is 1.36. The van der Waals surface area contributed by atoms with E-state index in [9.17, 15) is 4.79 Å². The van der Waals surface area contributed by atoms with Crippen LogP contribution in [0.2, 0.25) is 0 Å². The molecule has 0 spiro atoms. The first-order chi connectivity index (χ1) is 19.1. The van der Waals surface area contributed by atoms with Crippen molar-refractivity contribution >= 4 is 33.5 Å². The van der Waals surface area contributed by atoms with E-state index in [1.165, 1.54) is 10.9 Å². The number of nitrogens with one attached hydrogen (secondary N) is 1. The Bertz CT molecular complexity index is 1610. The average Bonchev–Trinajstić information content (AvgIpc) is 3.36. The molecule has 0 saturated carbocycles. The lowest BCUT2D eigenvalue weighted by Gasteiger charge is -2.37. The molecule has 0 aliphatic carbocycles. The van der Waals surface area contributed by atoms with E-state index in [1.54, 1.807) is 25.7 Å². The smallest absolute Gasteiger partial charge is 0.248 e. The maximum absolute atomic E-state index is 12.4. The molecule has 0 radical (unpaired) electrons. The van der Waals surface area contributed by atoms with Crippen molar-refractivity contribution in [3.05, 3.63) is 85.1 Å². The average molecular weight is 521 g/mol. The van der Waals surface area contributed by atoms with Gasteiger partial charge in [0.25, 0.3) is 0 Å². The quantitative estimate of drug-likeness (QED) is 0.317. The zero-order valence-electron chi connectivity index (χ0n) is 22.2. The maximum Gasteiger partial charge on any atom is 0.248 e. The highest BCUT2D eigenvalue weighted by Gasteiger charge is 2.30. The van der Waals surface area contributed by atoms with Crippen LogP contribution in [-0.2, 0) is 16.6 Å². The Morgan fingerprint density at radius 1 is 1.08 bits per heavy atom. The van der Waals surface area contributed by atoms with Crippen molar-refractivity contribution < 1.29 is 9.53 Å². The minimum atomic E-state index is 0.0377. The molecule has 5 aromatic rings. The van der Waals surface area contributed by atoms with Gasteiger partial charge >= 0.3 is 0 Å². The summed E-state index contributed by atoms with van der Waals surface area (Å²) in [6, 6.07) is 17.1. The standard InChI is InChI=1S/C31H32N6O2/c1-36-13-7-21-5-6-23(16-28(21)36)26-17-25(18-27-31(26)34-12-11-33-27)35-30(24-4-3-10-32-19-24)22-8-14-37(15-9-22)29(38)20-39-2/h3-7,10-13,16-19,22,30,35H,8-9,14-15,20H2,1-2H3. The lowest BCUT2D eigenvalue weighted by molar-refractivity contribution is -0.136. The van der Waals surface area contributed by atoms with Gasteiger partial charge in [-0.05, 0) is 65.6 Å². The van der Waals surface area contributed by atoms with Gasteiger partial charge in [-0.25, -0.2) is 0 Å². The molecule has 1 atom stereocenters. The summed E-state index contributed by atoms with van der Waals surface area (Å²) in [4.78, 5) is 28.1. The van der Waals surface area contributed by atoms with Crippen LogP contribution in [0.5, 0.6) is 0 Å². The first-order valence-corrected chi connectivity index (χ1v) is 13.3. The van der Waals surface area contributed by atoms with Crippen molar-refractivity contribution in [1.82, 2.24) is 24.4 Å². The van der Waals surface area contributed by atoms with Gasteiger partial charge in [-0.15, -0.1) is 0 Å². The molecule has 2 aromatic carbocycles. The Kier molecular flexibility index (Phi) is 6.94. The highest BCUT2D eigenvalue weighted by atomic mass is 16.5. The molecule has 39 heavy (non-hydrogen) atoms. The molecule has 8 heteroatoms. The van der Waals surface area contributed by atoms with Gasteiger partial charge in [0.15, 0.2) is 0 Å². The summed E-state index contributed by atoms with van der Waals surface area (Å²) in [6.45, 7) is 1.57. The lowest BCUT2D eigenvalue weighted by Crippen LogP contribution is -2.42. The molecule has 1 saturated heterocycles. The number of methoxy groups -OCH3 is 1. The van der Waals surface area contributed by atoms with Gasteiger partial charge in [0.05, 0.1) is 17.1 Å². The fourth-order valence-electron chi connectivity index (χ4n) is 5.72. The number of pyridine rings is 1. The predicted octanol–water partition coefficient (Wildman–Crippen LogP) is 5.22. The number of ether oxygens (including phenoxy) is 1. The van der Waals surface area contributed by atoms with E-state index < -0.39 is 0 Å². The largest absolute Gasteiger partial charge is 0.378 e. The first-order valence-electron chi connectivity index (χ1n) is 13.3. The minimum Gasteiger partial charge on any atom is -0.378 e. The van der Waals surface area contributed by atoms with Crippen LogP contribution in [0.1, 0.15) is 24.4 Å². The summed E-state index contributed by atoms with van der Waals surface area (Å²) in [5.41, 5.74) is 7.14. The Labute approximate surface area is 227 Å². The number of carbonyl (C=O) groups is 1. The van der Waals surface area contributed by atoms with Crippen LogP contribution in [0.3, 0.4) is 0 Å². The molecule has 8 nitrogen and oxygen atoms in total. The van der Waals surface area contributed by atoms with E-state index in [1.807, 2.05) is 17.2 Å². The lowest BCUT2D eigenvalue weighted by atomic mass is 9.85. The molecule has 1 aliphatic rings. The number of aromatic nitrogens is 4. The molecule has 1 N–H and O–H groups in total. The van der Waals surface area contributed by atoms with Crippen molar-refractivity contribution in [1.29, 1.82) is 0 Å². The van der Waals surface area contributed by atoms with E-state index in [-0.39, 0.29) is 18.6 Å². The summed E-state index contributed by atoms with van der Waals surface area (Å²) < 4.78 is 7.20. The SMILES string of the molecule is COCC(=O)N1CCC(C(Nc2cc(-c3ccc4ccn(C)c4c3)c3nccnc3c2)c2cccnc2)CC1. The van der Waals surface area contributed by atoms with Crippen LogP contribution >= 0.6 is 0 Å². The van der Waals surface area contributed by atoms with Gasteiger partial charge in [0.1, 0.15) is 6.61 Å². The van der Waals surface area contributed by atoms with Gasteiger partial charge in [0.2, 0.25) is 5.91 Å². The van der Waals surface area contributed by atoms with Crippen molar-refractivity contribution in [3.8, 4) is 11.1 Å². The third kappa shape index (κ3) is 5.07. The number of fused-ring (bicyclic) bond motifs is 2.